The zero-order chi connectivity index (χ0) is 16.9. The molecule has 1 saturated carbocycles. The maximum absolute atomic E-state index is 12.6. The van der Waals surface area contributed by atoms with Crippen LogP contribution in [0.25, 0.3) is 0 Å². The molecule has 0 radical (unpaired) electrons. The highest BCUT2D eigenvalue weighted by Crippen LogP contribution is 2.29. The maximum atomic E-state index is 12.6. The van der Waals surface area contributed by atoms with E-state index in [0.717, 1.165) is 18.5 Å². The van der Waals surface area contributed by atoms with Gasteiger partial charge in [-0.2, -0.15) is 0 Å². The monoisotopic (exact) mass is 330 g/mol. The molecular weight excluding hydrogens is 304 g/mol. The van der Waals surface area contributed by atoms with E-state index < -0.39 is 0 Å². The molecule has 5 heteroatoms. The lowest BCUT2D eigenvalue weighted by Crippen LogP contribution is -2.40. The largest absolute Gasteiger partial charge is 0.381 e. The molecule has 24 heavy (non-hydrogen) atoms. The molecule has 3 rings (SSSR count). The highest BCUT2D eigenvalue weighted by molar-refractivity contribution is 5.95. The zero-order valence-electron chi connectivity index (χ0n) is 14.3. The molecule has 1 aromatic rings. The van der Waals surface area contributed by atoms with E-state index in [-0.39, 0.29) is 17.9 Å². The van der Waals surface area contributed by atoms with Gasteiger partial charge in [0.15, 0.2) is 0 Å². The topological polar surface area (TPSA) is 58.6 Å². The summed E-state index contributed by atoms with van der Waals surface area (Å²) >= 11 is 0. The second kappa shape index (κ2) is 7.79. The Kier molecular flexibility index (Phi) is 5.51. The molecule has 1 aromatic carbocycles. The van der Waals surface area contributed by atoms with E-state index in [1.807, 2.05) is 24.1 Å². The first kappa shape index (κ1) is 17.0. The fraction of sp³-hybridized carbons (Fsp3) is 0.579. The summed E-state index contributed by atoms with van der Waals surface area (Å²) < 4.78 is 5.35. The highest BCUT2D eigenvalue weighted by atomic mass is 16.5. The van der Waals surface area contributed by atoms with Crippen LogP contribution in [0, 0.1) is 5.92 Å². The van der Waals surface area contributed by atoms with Crippen LogP contribution in [-0.2, 0) is 9.53 Å². The van der Waals surface area contributed by atoms with Crippen molar-refractivity contribution in [2.45, 2.75) is 44.6 Å². The zero-order valence-corrected chi connectivity index (χ0v) is 14.3. The minimum absolute atomic E-state index is 0.0224. The van der Waals surface area contributed by atoms with Crippen molar-refractivity contribution in [2.24, 2.45) is 5.92 Å². The van der Waals surface area contributed by atoms with Gasteiger partial charge in [0.05, 0.1) is 0 Å². The average Bonchev–Trinajstić information content (AvgIpc) is 2.58. The smallest absolute Gasteiger partial charge is 0.253 e. The molecule has 0 unspecified atom stereocenters. The third-order valence-electron chi connectivity index (χ3n) is 5.17. The fourth-order valence-electron chi connectivity index (χ4n) is 3.31. The number of carbonyl (C=O) groups excluding carboxylic acids is 2. The van der Waals surface area contributed by atoms with Crippen molar-refractivity contribution < 1.29 is 14.3 Å². The molecule has 1 saturated heterocycles. The molecule has 1 aliphatic carbocycles. The first-order valence-corrected chi connectivity index (χ1v) is 8.88. The van der Waals surface area contributed by atoms with E-state index in [1.165, 1.54) is 19.3 Å². The van der Waals surface area contributed by atoms with E-state index in [1.54, 1.807) is 12.1 Å². The van der Waals surface area contributed by atoms with Crippen molar-refractivity contribution >= 4 is 17.5 Å². The lowest BCUT2D eigenvalue weighted by Gasteiger charge is -2.31. The first-order valence-electron chi connectivity index (χ1n) is 8.88. The summed E-state index contributed by atoms with van der Waals surface area (Å²) in [6.45, 7) is 1.43. The predicted octanol–water partition coefficient (Wildman–Crippen LogP) is 3.07. The minimum Gasteiger partial charge on any atom is -0.381 e. The average molecular weight is 330 g/mol. The molecule has 1 heterocycles. The molecule has 0 bridgehead atoms. The van der Waals surface area contributed by atoms with Gasteiger partial charge in [-0.3, -0.25) is 9.59 Å². The maximum Gasteiger partial charge on any atom is 0.253 e. The molecule has 1 N–H and O–H groups in total. The Morgan fingerprint density at radius 1 is 1.12 bits per heavy atom. The van der Waals surface area contributed by atoms with Gasteiger partial charge in [-0.1, -0.05) is 6.42 Å². The van der Waals surface area contributed by atoms with Crippen LogP contribution >= 0.6 is 0 Å². The van der Waals surface area contributed by atoms with E-state index in [9.17, 15) is 9.59 Å². The number of benzene rings is 1. The molecule has 130 valence electrons. The van der Waals surface area contributed by atoms with Gasteiger partial charge in [-0.15, -0.1) is 0 Å². The summed E-state index contributed by atoms with van der Waals surface area (Å²) in [5, 5.41) is 2.92. The van der Waals surface area contributed by atoms with Gasteiger partial charge in [-0.25, -0.2) is 0 Å². The van der Waals surface area contributed by atoms with Crippen LogP contribution < -0.4 is 5.32 Å². The Morgan fingerprint density at radius 2 is 1.79 bits per heavy atom. The standard InChI is InChI=1S/C19H26N2O3/c1-21(17-9-11-24-12-10-17)19(23)15-5-7-16(8-6-15)20-18(22)13-14-3-2-4-14/h5-8,14,17H,2-4,9-13H2,1H3,(H,20,22). The SMILES string of the molecule is CN(C(=O)c1ccc(NC(=O)CC2CCC2)cc1)C1CCOCC1. The Hall–Kier alpha value is -1.88. The summed E-state index contributed by atoms with van der Waals surface area (Å²) in [6.07, 6.45) is 5.95. The second-order valence-electron chi connectivity index (χ2n) is 6.89. The summed E-state index contributed by atoms with van der Waals surface area (Å²) in [5.41, 5.74) is 1.41. The van der Waals surface area contributed by atoms with E-state index >= 15 is 0 Å². The Bertz CT molecular complexity index is 575. The number of rotatable bonds is 5. The lowest BCUT2D eigenvalue weighted by atomic mass is 9.83. The number of carbonyl (C=O) groups is 2. The minimum atomic E-state index is 0.0224. The number of nitrogens with one attached hydrogen (secondary N) is 1. The van der Waals surface area contributed by atoms with Crippen LogP contribution in [0.15, 0.2) is 24.3 Å². The molecular formula is C19H26N2O3. The molecule has 1 aliphatic heterocycles. The number of nitrogens with zero attached hydrogens (tertiary/aromatic N) is 1. The van der Waals surface area contributed by atoms with Gasteiger partial charge < -0.3 is 15.0 Å². The van der Waals surface area contributed by atoms with Gasteiger partial charge in [0.2, 0.25) is 5.91 Å². The van der Waals surface area contributed by atoms with Crippen LogP contribution in [0.2, 0.25) is 0 Å². The van der Waals surface area contributed by atoms with Crippen LogP contribution in [0.1, 0.15) is 48.9 Å². The van der Waals surface area contributed by atoms with Crippen LogP contribution in [0.3, 0.4) is 0 Å². The van der Waals surface area contributed by atoms with Crippen molar-refractivity contribution in [3.63, 3.8) is 0 Å². The summed E-state index contributed by atoms with van der Waals surface area (Å²) in [7, 11) is 1.85. The lowest BCUT2D eigenvalue weighted by molar-refractivity contribution is -0.117. The molecule has 0 atom stereocenters. The Labute approximate surface area is 143 Å². The summed E-state index contributed by atoms with van der Waals surface area (Å²) in [4.78, 5) is 26.3. The number of hydrogen-bond donors (Lipinski definition) is 1. The first-order chi connectivity index (χ1) is 11.6. The van der Waals surface area contributed by atoms with Crippen LogP contribution in [-0.4, -0.2) is 43.0 Å². The molecule has 0 spiro atoms. The number of ether oxygens (including phenoxy) is 1. The number of anilines is 1. The second-order valence-corrected chi connectivity index (χ2v) is 6.89. The highest BCUT2D eigenvalue weighted by Gasteiger charge is 2.23. The van der Waals surface area contributed by atoms with Crippen molar-refractivity contribution in [3.05, 3.63) is 29.8 Å². The molecule has 2 fully saturated rings. The van der Waals surface area contributed by atoms with Gasteiger partial charge in [0.1, 0.15) is 0 Å². The Morgan fingerprint density at radius 3 is 2.38 bits per heavy atom. The van der Waals surface area contributed by atoms with Crippen molar-refractivity contribution in [2.75, 3.05) is 25.6 Å². The molecule has 2 amide bonds. The van der Waals surface area contributed by atoms with E-state index in [4.69, 9.17) is 4.74 Å². The molecule has 5 nitrogen and oxygen atoms in total. The number of hydrogen-bond acceptors (Lipinski definition) is 3. The Balaban J connectivity index is 1.54. The molecule has 2 aliphatic rings. The van der Waals surface area contributed by atoms with E-state index in [0.29, 0.717) is 31.1 Å². The van der Waals surface area contributed by atoms with Gasteiger partial charge >= 0.3 is 0 Å². The van der Waals surface area contributed by atoms with Crippen molar-refractivity contribution in [1.82, 2.24) is 4.90 Å². The normalized spacial score (nSPS) is 18.7. The van der Waals surface area contributed by atoms with Crippen LogP contribution in [0.4, 0.5) is 5.69 Å². The molecule has 0 aromatic heterocycles. The van der Waals surface area contributed by atoms with Crippen molar-refractivity contribution in [3.8, 4) is 0 Å². The van der Waals surface area contributed by atoms with Crippen molar-refractivity contribution in [1.29, 1.82) is 0 Å². The van der Waals surface area contributed by atoms with Crippen LogP contribution in [0.5, 0.6) is 0 Å². The van der Waals surface area contributed by atoms with Gasteiger partial charge in [-0.05, 0) is 55.9 Å². The fourth-order valence-corrected chi connectivity index (χ4v) is 3.31. The predicted molar refractivity (Wildman–Crippen MR) is 93.0 cm³/mol. The quantitative estimate of drug-likeness (QED) is 0.902. The summed E-state index contributed by atoms with van der Waals surface area (Å²) in [5.74, 6) is 0.645. The van der Waals surface area contributed by atoms with Gasteiger partial charge in [0, 0.05) is 44.0 Å². The summed E-state index contributed by atoms with van der Waals surface area (Å²) in [6, 6.07) is 7.44. The van der Waals surface area contributed by atoms with E-state index in [2.05, 4.69) is 5.32 Å². The third-order valence-corrected chi connectivity index (χ3v) is 5.17. The third kappa shape index (κ3) is 4.15. The van der Waals surface area contributed by atoms with Gasteiger partial charge in [0.25, 0.3) is 5.91 Å². The number of amides is 2.